The zero-order chi connectivity index (χ0) is 28.0. The number of hydrogen-bond acceptors (Lipinski definition) is 6. The van der Waals surface area contributed by atoms with Gasteiger partial charge in [-0.05, 0) is 35.9 Å². The summed E-state index contributed by atoms with van der Waals surface area (Å²) >= 11 is 12.4. The Balaban J connectivity index is 1.78. The summed E-state index contributed by atoms with van der Waals surface area (Å²) in [4.78, 5) is 28.2. The Kier molecular flexibility index (Phi) is 10.2. The molecule has 1 aliphatic heterocycles. The normalized spacial score (nSPS) is 15.4. The maximum Gasteiger partial charge on any atom is 0.390 e. The molecule has 1 saturated heterocycles. The number of piperazine rings is 1. The number of hydrogen-bond donors (Lipinski definition) is 4. The van der Waals surface area contributed by atoms with Crippen molar-refractivity contribution in [2.24, 2.45) is 5.73 Å². The van der Waals surface area contributed by atoms with Crippen molar-refractivity contribution < 1.29 is 32.3 Å². The van der Waals surface area contributed by atoms with E-state index in [2.05, 4.69) is 10.6 Å². The number of benzene rings is 2. The lowest BCUT2D eigenvalue weighted by atomic mass is 10.1. The average molecular weight is 580 g/mol. The molecule has 1 aliphatic rings. The molecule has 2 amide bonds. The molecule has 1 fully saturated rings. The third-order valence-corrected chi connectivity index (χ3v) is 6.81. The highest BCUT2D eigenvalue weighted by molar-refractivity contribution is 6.42. The maximum atomic E-state index is 14.0. The minimum atomic E-state index is -4.23. The molecule has 0 aromatic heterocycles. The van der Waals surface area contributed by atoms with Crippen molar-refractivity contribution in [3.05, 3.63) is 57.3 Å². The van der Waals surface area contributed by atoms with Crippen LogP contribution in [0.1, 0.15) is 22.3 Å². The van der Waals surface area contributed by atoms with Gasteiger partial charge in [-0.2, -0.15) is 13.2 Å². The summed E-state index contributed by atoms with van der Waals surface area (Å²) in [7, 11) is 0. The molecule has 0 spiro atoms. The van der Waals surface area contributed by atoms with Gasteiger partial charge in [-0.25, -0.2) is 4.39 Å². The van der Waals surface area contributed by atoms with Gasteiger partial charge in [0.1, 0.15) is 11.9 Å². The van der Waals surface area contributed by atoms with E-state index in [1.165, 1.54) is 12.1 Å². The van der Waals surface area contributed by atoms with Gasteiger partial charge in [-0.3, -0.25) is 19.8 Å². The predicted molar refractivity (Wildman–Crippen MR) is 137 cm³/mol. The van der Waals surface area contributed by atoms with Crippen LogP contribution < -0.4 is 21.3 Å². The summed E-state index contributed by atoms with van der Waals surface area (Å²) in [5.74, 6) is -2.03. The predicted octanol–water partition coefficient (Wildman–Crippen LogP) is 3.40. The standard InChI is InChI=1S/C24H27Cl2F4N5O3/c25-17-10-19(21(11-18(17)26)35-7-5-34(6-8-35)4-3-24(28,29)30)33-23(38)16-2-1-15(27)9-14(16)12-32-20(13-36)22(31)37/h1-2,9-11,20,32,36H,3-8,12-13H2,(H2,31,37)(H,33,38). The Bertz CT molecular complexity index is 1160. The molecule has 1 heterocycles. The number of aliphatic hydroxyl groups excluding tert-OH is 1. The van der Waals surface area contributed by atoms with Crippen LogP contribution in [0.5, 0.6) is 0 Å². The zero-order valence-electron chi connectivity index (χ0n) is 20.1. The second kappa shape index (κ2) is 12.9. The summed E-state index contributed by atoms with van der Waals surface area (Å²) < 4.78 is 51.7. The van der Waals surface area contributed by atoms with E-state index < -0.39 is 42.9 Å². The van der Waals surface area contributed by atoms with Crippen LogP contribution >= 0.6 is 23.2 Å². The number of carbonyl (C=O) groups is 2. The Hall–Kier alpha value is -2.64. The maximum absolute atomic E-state index is 14.0. The van der Waals surface area contributed by atoms with Gasteiger partial charge >= 0.3 is 6.18 Å². The zero-order valence-corrected chi connectivity index (χ0v) is 21.6. The first kappa shape index (κ1) is 29.9. The van der Waals surface area contributed by atoms with E-state index in [1.807, 2.05) is 4.90 Å². The van der Waals surface area contributed by atoms with Gasteiger partial charge in [0.25, 0.3) is 5.91 Å². The average Bonchev–Trinajstić information content (AvgIpc) is 2.85. The van der Waals surface area contributed by atoms with Gasteiger partial charge in [-0.15, -0.1) is 0 Å². The number of nitrogens with one attached hydrogen (secondary N) is 2. The van der Waals surface area contributed by atoms with E-state index in [1.54, 1.807) is 11.0 Å². The largest absolute Gasteiger partial charge is 0.394 e. The van der Waals surface area contributed by atoms with Crippen LogP contribution in [-0.4, -0.2) is 73.4 Å². The number of halogens is 6. The van der Waals surface area contributed by atoms with Crippen molar-refractivity contribution in [1.29, 1.82) is 0 Å². The van der Waals surface area contributed by atoms with Crippen LogP contribution in [0, 0.1) is 5.82 Å². The molecule has 3 rings (SSSR count). The second-order valence-electron chi connectivity index (χ2n) is 8.75. The van der Waals surface area contributed by atoms with Crippen molar-refractivity contribution in [3.63, 3.8) is 0 Å². The minimum absolute atomic E-state index is 0.0917. The fraction of sp³-hybridized carbons (Fsp3) is 0.417. The Morgan fingerprint density at radius 3 is 2.34 bits per heavy atom. The van der Waals surface area contributed by atoms with Gasteiger partial charge in [-0.1, -0.05) is 23.2 Å². The van der Waals surface area contributed by atoms with Crippen LogP contribution in [0.2, 0.25) is 10.0 Å². The summed E-state index contributed by atoms with van der Waals surface area (Å²) in [6.45, 7) is 0.717. The summed E-state index contributed by atoms with van der Waals surface area (Å²) in [5.41, 5.74) is 6.34. The van der Waals surface area contributed by atoms with Crippen LogP contribution in [-0.2, 0) is 11.3 Å². The third-order valence-electron chi connectivity index (χ3n) is 6.09. The van der Waals surface area contributed by atoms with Crippen molar-refractivity contribution in [2.75, 3.05) is 49.5 Å². The number of rotatable bonds is 10. The SMILES string of the molecule is NC(=O)C(CO)NCc1cc(F)ccc1C(=O)Nc1cc(Cl)c(Cl)cc1N1CCN(CCC(F)(F)F)CC1. The van der Waals surface area contributed by atoms with Crippen molar-refractivity contribution >= 4 is 46.4 Å². The molecule has 0 radical (unpaired) electrons. The van der Waals surface area contributed by atoms with Crippen molar-refractivity contribution in [1.82, 2.24) is 10.2 Å². The van der Waals surface area contributed by atoms with Crippen LogP contribution in [0.15, 0.2) is 30.3 Å². The van der Waals surface area contributed by atoms with E-state index in [9.17, 15) is 32.3 Å². The fourth-order valence-corrected chi connectivity index (χ4v) is 4.32. The molecular formula is C24H27Cl2F4N5O3. The number of nitrogens with zero attached hydrogens (tertiary/aromatic N) is 2. The number of carbonyl (C=O) groups excluding carboxylic acids is 2. The summed E-state index contributed by atoms with van der Waals surface area (Å²) in [5, 5.41) is 15.1. The molecule has 1 unspecified atom stereocenters. The molecule has 1 atom stereocenters. The number of alkyl halides is 3. The van der Waals surface area contributed by atoms with Gasteiger partial charge in [0.05, 0.1) is 34.4 Å². The summed E-state index contributed by atoms with van der Waals surface area (Å²) in [6, 6.07) is 5.43. The Morgan fingerprint density at radius 1 is 1.08 bits per heavy atom. The molecule has 0 bridgehead atoms. The molecular weight excluding hydrogens is 553 g/mol. The molecule has 2 aromatic carbocycles. The lowest BCUT2D eigenvalue weighted by molar-refractivity contribution is -0.138. The number of anilines is 2. The topological polar surface area (TPSA) is 111 Å². The van der Waals surface area contributed by atoms with E-state index in [4.69, 9.17) is 28.9 Å². The highest BCUT2D eigenvalue weighted by Gasteiger charge is 2.29. The molecule has 0 aliphatic carbocycles. The van der Waals surface area contributed by atoms with E-state index in [-0.39, 0.29) is 34.3 Å². The number of amides is 2. The van der Waals surface area contributed by atoms with Gasteiger partial charge in [0, 0.05) is 44.8 Å². The molecule has 8 nitrogen and oxygen atoms in total. The number of nitrogens with two attached hydrogens (primary N) is 1. The fourth-order valence-electron chi connectivity index (χ4n) is 4.00. The van der Waals surface area contributed by atoms with Gasteiger partial charge in [0.15, 0.2) is 0 Å². The Labute approximate surface area is 226 Å². The highest BCUT2D eigenvalue weighted by atomic mass is 35.5. The van der Waals surface area contributed by atoms with Crippen molar-refractivity contribution in [3.8, 4) is 0 Å². The first-order valence-corrected chi connectivity index (χ1v) is 12.4. The molecule has 208 valence electrons. The van der Waals surface area contributed by atoms with E-state index in [0.29, 0.717) is 37.6 Å². The van der Waals surface area contributed by atoms with Crippen LogP contribution in [0.4, 0.5) is 28.9 Å². The molecule has 5 N–H and O–H groups in total. The first-order valence-electron chi connectivity index (χ1n) is 11.6. The first-order chi connectivity index (χ1) is 17.9. The molecule has 14 heteroatoms. The van der Waals surface area contributed by atoms with E-state index in [0.717, 1.165) is 12.1 Å². The van der Waals surface area contributed by atoms with Crippen LogP contribution in [0.3, 0.4) is 0 Å². The third kappa shape index (κ3) is 8.18. The number of primary amides is 1. The molecule has 2 aromatic rings. The molecule has 38 heavy (non-hydrogen) atoms. The lowest BCUT2D eigenvalue weighted by Crippen LogP contribution is -2.47. The minimum Gasteiger partial charge on any atom is -0.394 e. The highest BCUT2D eigenvalue weighted by Crippen LogP contribution is 2.36. The van der Waals surface area contributed by atoms with E-state index >= 15 is 0 Å². The number of aliphatic hydroxyl groups is 1. The monoisotopic (exact) mass is 579 g/mol. The summed E-state index contributed by atoms with van der Waals surface area (Å²) in [6.07, 6.45) is -5.12. The Morgan fingerprint density at radius 2 is 1.74 bits per heavy atom. The van der Waals surface area contributed by atoms with Crippen molar-refractivity contribution in [2.45, 2.75) is 25.2 Å². The van der Waals surface area contributed by atoms with Crippen LogP contribution in [0.25, 0.3) is 0 Å². The molecule has 0 saturated carbocycles. The smallest absolute Gasteiger partial charge is 0.390 e. The second-order valence-corrected chi connectivity index (χ2v) is 9.57. The van der Waals surface area contributed by atoms with Gasteiger partial charge in [0.2, 0.25) is 5.91 Å². The van der Waals surface area contributed by atoms with Gasteiger partial charge < -0.3 is 21.1 Å². The quantitative estimate of drug-likeness (QED) is 0.321. The lowest BCUT2D eigenvalue weighted by Gasteiger charge is -2.37.